The molecule has 146 valence electrons. The minimum atomic E-state index is -0.749. The van der Waals surface area contributed by atoms with E-state index in [0.29, 0.717) is 37.9 Å². The number of carbonyl (C=O) groups is 3. The Morgan fingerprint density at radius 2 is 1.78 bits per heavy atom. The van der Waals surface area contributed by atoms with E-state index in [1.165, 1.54) is 24.3 Å². The average molecular weight is 376 g/mol. The minimum Gasteiger partial charge on any atom is -0.481 e. The Morgan fingerprint density at radius 3 is 2.26 bits per heavy atom. The summed E-state index contributed by atoms with van der Waals surface area (Å²) < 4.78 is 13.0. The Kier molecular flexibility index (Phi) is 5.22. The lowest BCUT2D eigenvalue weighted by atomic mass is 9.90. The lowest BCUT2D eigenvalue weighted by Gasteiger charge is -2.36. The number of nitrogens with one attached hydrogen (secondary N) is 1. The van der Waals surface area contributed by atoms with E-state index < -0.39 is 23.7 Å². The molecule has 2 aliphatic rings. The van der Waals surface area contributed by atoms with Gasteiger partial charge in [-0.1, -0.05) is 13.8 Å². The fourth-order valence-electron chi connectivity index (χ4n) is 3.96. The lowest BCUT2D eigenvalue weighted by molar-refractivity contribution is -0.140. The fraction of sp³-hybridized carbons (Fsp3) is 0.550. The van der Waals surface area contributed by atoms with Gasteiger partial charge in [-0.2, -0.15) is 0 Å². The van der Waals surface area contributed by atoms with Crippen molar-refractivity contribution in [3.63, 3.8) is 0 Å². The van der Waals surface area contributed by atoms with Gasteiger partial charge in [0.2, 0.25) is 5.91 Å². The third-order valence-electron chi connectivity index (χ3n) is 5.88. The number of aliphatic carboxylic acids is 1. The van der Waals surface area contributed by atoms with Crippen molar-refractivity contribution in [2.45, 2.75) is 39.2 Å². The van der Waals surface area contributed by atoms with Gasteiger partial charge in [-0.3, -0.25) is 14.4 Å². The summed E-state index contributed by atoms with van der Waals surface area (Å²) in [5.41, 5.74) is 0.155. The Hall–Kier alpha value is -2.44. The van der Waals surface area contributed by atoms with Crippen molar-refractivity contribution in [3.05, 3.63) is 35.6 Å². The highest BCUT2D eigenvalue weighted by atomic mass is 19.1. The number of nitrogens with zero attached hydrogens (tertiary/aromatic N) is 1. The van der Waals surface area contributed by atoms with Crippen LogP contribution in [0, 0.1) is 23.1 Å². The molecular weight excluding hydrogens is 351 g/mol. The zero-order chi connectivity index (χ0) is 19.8. The van der Waals surface area contributed by atoms with E-state index in [4.69, 9.17) is 0 Å². The van der Waals surface area contributed by atoms with E-state index >= 15 is 0 Å². The molecule has 1 aromatic carbocycles. The molecule has 1 aliphatic carbocycles. The highest BCUT2D eigenvalue weighted by Crippen LogP contribution is 2.59. The van der Waals surface area contributed by atoms with E-state index in [2.05, 4.69) is 5.32 Å². The molecule has 1 saturated carbocycles. The van der Waals surface area contributed by atoms with Crippen molar-refractivity contribution in [2.75, 3.05) is 13.1 Å². The van der Waals surface area contributed by atoms with Gasteiger partial charge >= 0.3 is 5.97 Å². The molecule has 1 aliphatic heterocycles. The highest BCUT2D eigenvalue weighted by molar-refractivity contribution is 5.97. The van der Waals surface area contributed by atoms with Crippen molar-refractivity contribution in [2.24, 2.45) is 17.3 Å². The van der Waals surface area contributed by atoms with Gasteiger partial charge < -0.3 is 15.3 Å². The Morgan fingerprint density at radius 1 is 1.19 bits per heavy atom. The zero-order valence-corrected chi connectivity index (χ0v) is 15.6. The molecule has 2 N–H and O–H groups in total. The number of hydrogen-bond donors (Lipinski definition) is 2. The number of amides is 2. The molecule has 2 unspecified atom stereocenters. The molecule has 6 nitrogen and oxygen atoms in total. The first-order valence-corrected chi connectivity index (χ1v) is 9.31. The second kappa shape index (κ2) is 7.29. The van der Waals surface area contributed by atoms with Crippen LogP contribution in [0.2, 0.25) is 0 Å². The number of halogens is 1. The van der Waals surface area contributed by atoms with Crippen LogP contribution in [0.5, 0.6) is 0 Å². The van der Waals surface area contributed by atoms with Crippen LogP contribution >= 0.6 is 0 Å². The SMILES string of the molecule is CC(C)C(NC(=O)c1ccc(F)cc1)C(=O)N1CCC2(CC1)CC2C(=O)O. The van der Waals surface area contributed by atoms with Gasteiger partial charge in [-0.25, -0.2) is 4.39 Å². The molecule has 1 saturated heterocycles. The van der Waals surface area contributed by atoms with E-state index in [0.717, 1.165) is 0 Å². The van der Waals surface area contributed by atoms with Crippen LogP contribution in [-0.4, -0.2) is 46.9 Å². The first-order chi connectivity index (χ1) is 12.7. The molecule has 2 fully saturated rings. The van der Waals surface area contributed by atoms with E-state index in [1.54, 1.807) is 4.90 Å². The summed E-state index contributed by atoms with van der Waals surface area (Å²) in [6, 6.07) is 4.51. The molecule has 1 aromatic rings. The number of carboxylic acid groups (broad SMARTS) is 1. The average Bonchev–Trinajstić information content (AvgIpc) is 3.33. The molecule has 0 radical (unpaired) electrons. The van der Waals surface area contributed by atoms with Crippen molar-refractivity contribution in [1.29, 1.82) is 0 Å². The number of likely N-dealkylation sites (tertiary alicyclic amines) is 1. The van der Waals surface area contributed by atoms with Crippen molar-refractivity contribution in [3.8, 4) is 0 Å². The first-order valence-electron chi connectivity index (χ1n) is 9.31. The van der Waals surface area contributed by atoms with Crippen LogP contribution in [-0.2, 0) is 9.59 Å². The molecule has 7 heteroatoms. The molecule has 0 bridgehead atoms. The van der Waals surface area contributed by atoms with Crippen LogP contribution in [0.15, 0.2) is 24.3 Å². The van der Waals surface area contributed by atoms with Crippen molar-refractivity contribution >= 4 is 17.8 Å². The molecule has 2 amide bonds. The largest absolute Gasteiger partial charge is 0.481 e. The molecule has 0 aromatic heterocycles. The number of rotatable bonds is 5. The Labute approximate surface area is 157 Å². The first kappa shape index (κ1) is 19.3. The van der Waals surface area contributed by atoms with E-state index in [-0.39, 0.29) is 23.2 Å². The zero-order valence-electron chi connectivity index (χ0n) is 15.6. The van der Waals surface area contributed by atoms with Crippen LogP contribution in [0.25, 0.3) is 0 Å². The van der Waals surface area contributed by atoms with Crippen LogP contribution in [0.3, 0.4) is 0 Å². The van der Waals surface area contributed by atoms with Gasteiger partial charge in [-0.15, -0.1) is 0 Å². The fourth-order valence-corrected chi connectivity index (χ4v) is 3.96. The summed E-state index contributed by atoms with van der Waals surface area (Å²) in [7, 11) is 0. The molecule has 3 rings (SSSR count). The van der Waals surface area contributed by atoms with Gasteiger partial charge in [0, 0.05) is 18.7 Å². The van der Waals surface area contributed by atoms with Crippen LogP contribution in [0.1, 0.15) is 43.5 Å². The second-order valence-corrected chi connectivity index (χ2v) is 7.98. The second-order valence-electron chi connectivity index (χ2n) is 7.98. The topological polar surface area (TPSA) is 86.7 Å². The predicted molar refractivity (Wildman–Crippen MR) is 96.5 cm³/mol. The summed E-state index contributed by atoms with van der Waals surface area (Å²) in [5.74, 6) is -2.13. The minimum absolute atomic E-state index is 0.106. The molecule has 1 heterocycles. The van der Waals surface area contributed by atoms with E-state index in [1.807, 2.05) is 13.8 Å². The summed E-state index contributed by atoms with van der Waals surface area (Å²) in [4.78, 5) is 38.3. The Balaban J connectivity index is 1.62. The van der Waals surface area contributed by atoms with Gasteiger partial charge in [0.25, 0.3) is 5.91 Å². The quantitative estimate of drug-likeness (QED) is 0.826. The lowest BCUT2D eigenvalue weighted by Crippen LogP contribution is -2.53. The monoisotopic (exact) mass is 376 g/mol. The van der Waals surface area contributed by atoms with Crippen molar-refractivity contribution in [1.82, 2.24) is 10.2 Å². The number of carboxylic acids is 1. The van der Waals surface area contributed by atoms with Crippen LogP contribution in [0.4, 0.5) is 4.39 Å². The van der Waals surface area contributed by atoms with Crippen molar-refractivity contribution < 1.29 is 23.9 Å². The summed E-state index contributed by atoms with van der Waals surface area (Å²) in [5, 5.41) is 11.9. The smallest absolute Gasteiger partial charge is 0.307 e. The predicted octanol–water partition coefficient (Wildman–Crippen LogP) is 2.29. The maximum atomic E-state index is 13.0. The van der Waals surface area contributed by atoms with Crippen LogP contribution < -0.4 is 5.32 Å². The normalized spacial score (nSPS) is 21.8. The standard InChI is InChI=1S/C20H25FN2O4/c1-12(2)16(22-17(24)13-3-5-14(21)6-4-13)18(25)23-9-7-20(8-10-23)11-15(20)19(26)27/h3-6,12,15-16H,7-11H2,1-2H3,(H,22,24)(H,26,27). The molecular formula is C20H25FN2O4. The summed E-state index contributed by atoms with van der Waals surface area (Å²) in [6.45, 7) is 4.75. The molecule has 27 heavy (non-hydrogen) atoms. The van der Waals surface area contributed by atoms with E-state index in [9.17, 15) is 23.9 Å². The van der Waals surface area contributed by atoms with Gasteiger partial charge in [0.15, 0.2) is 0 Å². The maximum absolute atomic E-state index is 13.0. The van der Waals surface area contributed by atoms with Gasteiger partial charge in [0.1, 0.15) is 11.9 Å². The maximum Gasteiger partial charge on any atom is 0.307 e. The third kappa shape index (κ3) is 3.96. The number of hydrogen-bond acceptors (Lipinski definition) is 3. The van der Waals surface area contributed by atoms with Gasteiger partial charge in [-0.05, 0) is 54.9 Å². The third-order valence-corrected chi connectivity index (χ3v) is 5.88. The number of carbonyl (C=O) groups excluding carboxylic acids is 2. The number of piperidine rings is 1. The number of benzene rings is 1. The Bertz CT molecular complexity index is 739. The summed E-state index contributed by atoms with van der Waals surface area (Å²) in [6.07, 6.45) is 2.07. The van der Waals surface area contributed by atoms with Gasteiger partial charge in [0.05, 0.1) is 5.92 Å². The highest BCUT2D eigenvalue weighted by Gasteiger charge is 2.59. The molecule has 1 spiro atoms. The summed E-state index contributed by atoms with van der Waals surface area (Å²) >= 11 is 0. The molecule has 2 atom stereocenters.